The number of benzene rings is 2. The number of carboxylic acids is 4. The minimum Gasteiger partial charge on any atom is -0.497 e. The molecule has 0 aliphatic carbocycles. The smallest absolute Gasteiger partial charge is 0.320 e. The van der Waals surface area contributed by atoms with Crippen molar-refractivity contribution in [1.29, 1.82) is 0 Å². The second-order valence-corrected chi connectivity index (χ2v) is 12.0. The van der Waals surface area contributed by atoms with Gasteiger partial charge in [0.2, 0.25) is 5.91 Å². The van der Waals surface area contributed by atoms with Crippen LogP contribution < -0.4 is 10.1 Å². The van der Waals surface area contributed by atoms with Gasteiger partial charge < -0.3 is 30.5 Å². The fraction of sp³-hybridized carbons (Fsp3) is 0.545. The average Bonchev–Trinajstić information content (AvgIpc) is 3.03. The number of carboxylic acid groups (broad SMARTS) is 4. The summed E-state index contributed by atoms with van der Waals surface area (Å²) in [6.45, 7) is 2.96. The number of hydrogen-bond acceptors (Lipinski definition) is 10. The second-order valence-electron chi connectivity index (χ2n) is 12.0. The van der Waals surface area contributed by atoms with Crippen LogP contribution in [0.3, 0.4) is 0 Å². The molecule has 0 aromatic heterocycles. The number of fused-ring (bicyclic) bond motifs is 1. The molecule has 264 valence electrons. The molecule has 15 nitrogen and oxygen atoms in total. The van der Waals surface area contributed by atoms with Gasteiger partial charge in [0.15, 0.2) is 0 Å². The van der Waals surface area contributed by atoms with Crippen molar-refractivity contribution in [2.24, 2.45) is 0 Å². The first-order valence-corrected chi connectivity index (χ1v) is 16.0. The number of methoxy groups -OCH3 is 1. The third-order valence-corrected chi connectivity index (χ3v) is 8.59. The third kappa shape index (κ3) is 12.4. The van der Waals surface area contributed by atoms with Gasteiger partial charge in [0.1, 0.15) is 11.8 Å². The number of nitrogens with zero attached hydrogens (tertiary/aromatic N) is 4. The Kier molecular flexibility index (Phi) is 15.0. The first-order valence-electron chi connectivity index (χ1n) is 16.0. The maximum absolute atomic E-state index is 13.0. The molecule has 1 aliphatic rings. The molecule has 1 aliphatic heterocycles. The molecule has 0 saturated carbocycles. The number of amides is 1. The van der Waals surface area contributed by atoms with Crippen LogP contribution in [-0.4, -0.2) is 161 Å². The van der Waals surface area contributed by atoms with Crippen LogP contribution in [0.1, 0.15) is 31.2 Å². The number of carbonyl (C=O) groups is 5. The van der Waals surface area contributed by atoms with E-state index in [2.05, 4.69) is 5.32 Å². The van der Waals surface area contributed by atoms with Gasteiger partial charge in [-0.15, -0.1) is 0 Å². The summed E-state index contributed by atoms with van der Waals surface area (Å²) in [6.07, 6.45) is 0.567. The highest BCUT2D eigenvalue weighted by atomic mass is 16.5. The molecular weight excluding hydrogens is 626 g/mol. The number of rotatable bonds is 15. The zero-order chi connectivity index (χ0) is 35.2. The van der Waals surface area contributed by atoms with Gasteiger partial charge in [0, 0.05) is 58.9 Å². The maximum Gasteiger partial charge on any atom is 0.320 e. The van der Waals surface area contributed by atoms with Crippen LogP contribution in [0.4, 0.5) is 0 Å². The Morgan fingerprint density at radius 3 is 1.69 bits per heavy atom. The summed E-state index contributed by atoms with van der Waals surface area (Å²) in [5, 5.41) is 43.3. The van der Waals surface area contributed by atoms with Gasteiger partial charge in [0.25, 0.3) is 0 Å². The third-order valence-electron chi connectivity index (χ3n) is 8.59. The maximum atomic E-state index is 13.0. The molecule has 0 radical (unpaired) electrons. The Morgan fingerprint density at radius 2 is 1.21 bits per heavy atom. The standard InChI is InChI=1S/C33H47N5O10/c1-23(24-5-6-26-19-27(48-2)8-7-25(26)18-24)32(45)34-9-3-4-28(33(46)47)38-16-14-36(21-30(41)42)12-10-35(20-29(39)40)11-13-37(15-17-38)22-31(43)44/h5-8,18-19,23,28H,3-4,9-17,20-22H2,1-2H3,(H,34,45)(H,39,40)(H,41,42)(H,43,44)(H,46,47)/t23-,28?/m0/s1. The summed E-state index contributed by atoms with van der Waals surface area (Å²) in [5.74, 6) is -4.12. The van der Waals surface area contributed by atoms with Gasteiger partial charge >= 0.3 is 23.9 Å². The SMILES string of the molecule is COc1ccc2cc([C@H](C)C(=O)NCCCC(C(=O)O)N3CCN(CC(=O)O)CCN(CC(=O)O)CCN(CC(=O)O)CC3)ccc2c1. The fourth-order valence-electron chi connectivity index (χ4n) is 5.82. The molecule has 2 aromatic carbocycles. The van der Waals surface area contributed by atoms with E-state index < -0.39 is 35.8 Å². The van der Waals surface area contributed by atoms with E-state index in [0.717, 1.165) is 22.1 Å². The molecule has 0 spiro atoms. The molecule has 2 atom stereocenters. The predicted octanol–water partition coefficient (Wildman–Crippen LogP) is 0.777. The van der Waals surface area contributed by atoms with Crippen molar-refractivity contribution in [3.8, 4) is 5.75 Å². The van der Waals surface area contributed by atoms with Crippen LogP contribution in [0.15, 0.2) is 36.4 Å². The zero-order valence-corrected chi connectivity index (χ0v) is 27.5. The molecule has 1 heterocycles. The lowest BCUT2D eigenvalue weighted by atomic mass is 9.97. The van der Waals surface area contributed by atoms with Crippen LogP contribution in [0.25, 0.3) is 10.8 Å². The highest BCUT2D eigenvalue weighted by molar-refractivity contribution is 5.88. The Hall–Kier alpha value is -4.31. The normalized spacial score (nSPS) is 17.5. The number of hydrogen-bond donors (Lipinski definition) is 5. The highest BCUT2D eigenvalue weighted by Crippen LogP contribution is 2.25. The van der Waals surface area contributed by atoms with E-state index in [1.165, 1.54) is 0 Å². The van der Waals surface area contributed by atoms with Gasteiger partial charge in [-0.05, 0) is 48.2 Å². The summed E-state index contributed by atoms with van der Waals surface area (Å²) in [7, 11) is 1.60. The van der Waals surface area contributed by atoms with E-state index in [1.807, 2.05) is 43.3 Å². The van der Waals surface area contributed by atoms with E-state index in [0.29, 0.717) is 6.42 Å². The molecule has 5 N–H and O–H groups in total. The number of nitrogens with one attached hydrogen (secondary N) is 1. The van der Waals surface area contributed by atoms with Gasteiger partial charge in [-0.3, -0.25) is 43.6 Å². The topological polar surface area (TPSA) is 200 Å². The van der Waals surface area contributed by atoms with Gasteiger partial charge in [0.05, 0.1) is 32.7 Å². The number of ether oxygens (including phenoxy) is 1. The van der Waals surface area contributed by atoms with Crippen molar-refractivity contribution in [2.45, 2.75) is 31.7 Å². The van der Waals surface area contributed by atoms with Crippen molar-refractivity contribution in [3.63, 3.8) is 0 Å². The fourth-order valence-corrected chi connectivity index (χ4v) is 5.82. The summed E-state index contributed by atoms with van der Waals surface area (Å²) in [6, 6.07) is 10.5. The highest BCUT2D eigenvalue weighted by Gasteiger charge is 2.28. The minimum absolute atomic E-state index is 0.188. The Bertz CT molecular complexity index is 1390. The van der Waals surface area contributed by atoms with Crippen LogP contribution in [0, 0.1) is 0 Å². The van der Waals surface area contributed by atoms with Crippen molar-refractivity contribution in [1.82, 2.24) is 24.9 Å². The second kappa shape index (κ2) is 18.9. The van der Waals surface area contributed by atoms with Gasteiger partial charge in [-0.25, -0.2) is 0 Å². The van der Waals surface area contributed by atoms with Crippen molar-refractivity contribution in [3.05, 3.63) is 42.0 Å². The van der Waals surface area contributed by atoms with Crippen LogP contribution >= 0.6 is 0 Å². The average molecular weight is 674 g/mol. The lowest BCUT2D eigenvalue weighted by Gasteiger charge is -2.35. The van der Waals surface area contributed by atoms with Crippen LogP contribution in [0.2, 0.25) is 0 Å². The predicted molar refractivity (Wildman–Crippen MR) is 176 cm³/mol. The summed E-state index contributed by atoms with van der Waals surface area (Å²) in [4.78, 5) is 66.7. The lowest BCUT2D eigenvalue weighted by molar-refractivity contribution is -0.145. The monoisotopic (exact) mass is 673 g/mol. The summed E-state index contributed by atoms with van der Waals surface area (Å²) >= 11 is 0. The molecule has 3 rings (SSSR count). The molecule has 15 heteroatoms. The zero-order valence-electron chi connectivity index (χ0n) is 27.5. The first kappa shape index (κ1) is 38.1. The molecule has 1 amide bonds. The molecule has 1 fully saturated rings. The molecular formula is C33H47N5O10. The quantitative estimate of drug-likeness (QED) is 0.166. The van der Waals surface area contributed by atoms with Crippen molar-refractivity contribution >= 4 is 40.6 Å². The summed E-state index contributed by atoms with van der Waals surface area (Å²) < 4.78 is 5.28. The van der Waals surface area contributed by atoms with Gasteiger partial charge in [-0.2, -0.15) is 0 Å². The largest absolute Gasteiger partial charge is 0.497 e. The molecule has 2 aromatic rings. The van der Waals surface area contributed by atoms with E-state index in [-0.39, 0.29) is 90.9 Å². The number of aliphatic carboxylic acids is 4. The van der Waals surface area contributed by atoms with E-state index >= 15 is 0 Å². The lowest BCUT2D eigenvalue weighted by Crippen LogP contribution is -2.52. The van der Waals surface area contributed by atoms with Crippen LogP contribution in [0.5, 0.6) is 5.75 Å². The van der Waals surface area contributed by atoms with E-state index in [9.17, 15) is 44.4 Å². The Morgan fingerprint density at radius 1 is 0.729 bits per heavy atom. The van der Waals surface area contributed by atoms with Crippen LogP contribution in [-0.2, 0) is 24.0 Å². The number of carbonyl (C=O) groups excluding carboxylic acids is 1. The van der Waals surface area contributed by atoms with Crippen molar-refractivity contribution < 1.29 is 49.1 Å². The van der Waals surface area contributed by atoms with Gasteiger partial charge in [-0.1, -0.05) is 24.3 Å². The first-order chi connectivity index (χ1) is 22.9. The van der Waals surface area contributed by atoms with E-state index in [4.69, 9.17) is 4.74 Å². The molecule has 1 saturated heterocycles. The summed E-state index contributed by atoms with van der Waals surface area (Å²) in [5.41, 5.74) is 0.843. The van der Waals surface area contributed by atoms with Crippen molar-refractivity contribution in [2.75, 3.05) is 85.6 Å². The molecule has 48 heavy (non-hydrogen) atoms. The van der Waals surface area contributed by atoms with E-state index in [1.54, 1.807) is 26.7 Å². The Balaban J connectivity index is 1.65. The Labute approximate surface area is 279 Å². The molecule has 0 bridgehead atoms. The minimum atomic E-state index is -1.07. The molecule has 1 unspecified atom stereocenters.